The van der Waals surface area contributed by atoms with E-state index in [0.29, 0.717) is 16.2 Å². The largest absolute Gasteiger partial charge is 0.497 e. The van der Waals surface area contributed by atoms with E-state index < -0.39 is 47.6 Å². The molecule has 1 unspecified atom stereocenters. The third-order valence-corrected chi connectivity index (χ3v) is 6.45. The molecule has 2 aliphatic rings. The molecule has 0 spiro atoms. The Bertz CT molecular complexity index is 1190. The summed E-state index contributed by atoms with van der Waals surface area (Å²) in [4.78, 5) is 40.4. The van der Waals surface area contributed by atoms with Gasteiger partial charge in [0, 0.05) is 0 Å². The van der Waals surface area contributed by atoms with Crippen LogP contribution in [0, 0.1) is 0 Å². The van der Waals surface area contributed by atoms with Gasteiger partial charge in [-0.3, -0.25) is 19.3 Å². The lowest BCUT2D eigenvalue weighted by molar-refractivity contribution is -0.137. The molecule has 3 amide bonds. The number of ether oxygens (including phenoxy) is 1. The lowest BCUT2D eigenvalue weighted by Gasteiger charge is -2.23. The summed E-state index contributed by atoms with van der Waals surface area (Å²) in [5.74, 6) is -1.72. The fourth-order valence-corrected chi connectivity index (χ4v) is 4.94. The molecule has 2 fully saturated rings. The van der Waals surface area contributed by atoms with Crippen molar-refractivity contribution in [1.29, 1.82) is 0 Å². The number of anilines is 1. The zero-order chi connectivity index (χ0) is 23.9. The summed E-state index contributed by atoms with van der Waals surface area (Å²) >= 11 is 6.22. The van der Waals surface area contributed by atoms with Crippen LogP contribution in [0.15, 0.2) is 53.4 Å². The Morgan fingerprint density at radius 3 is 2.39 bits per heavy atom. The van der Waals surface area contributed by atoms with Crippen LogP contribution in [0.3, 0.4) is 0 Å². The molecular formula is C22H15F3N2O4S2. The van der Waals surface area contributed by atoms with Crippen molar-refractivity contribution in [3.8, 4) is 5.75 Å². The highest BCUT2D eigenvalue weighted by Gasteiger charge is 2.50. The summed E-state index contributed by atoms with van der Waals surface area (Å²) in [6.07, 6.45) is -3.65. The Kier molecular flexibility index (Phi) is 6.02. The molecule has 0 bridgehead atoms. The maximum atomic E-state index is 13.4. The molecule has 0 aromatic heterocycles. The monoisotopic (exact) mass is 492 g/mol. The molecular weight excluding hydrogens is 477 g/mol. The van der Waals surface area contributed by atoms with Gasteiger partial charge in [0.1, 0.15) is 16.1 Å². The molecule has 2 saturated heterocycles. The number of thioether (sulfide) groups is 1. The second-order valence-electron chi connectivity index (χ2n) is 7.13. The van der Waals surface area contributed by atoms with E-state index in [1.54, 1.807) is 30.3 Å². The number of carbonyl (C=O) groups is 3. The van der Waals surface area contributed by atoms with Gasteiger partial charge in [-0.25, -0.2) is 4.90 Å². The topological polar surface area (TPSA) is 66.9 Å². The maximum Gasteiger partial charge on any atom is 0.418 e. The Labute approximate surface area is 196 Å². The van der Waals surface area contributed by atoms with Gasteiger partial charge < -0.3 is 4.74 Å². The van der Waals surface area contributed by atoms with Crippen LogP contribution in [-0.4, -0.2) is 40.1 Å². The van der Waals surface area contributed by atoms with Gasteiger partial charge in [0.05, 0.1) is 29.7 Å². The number of carbonyl (C=O) groups excluding carboxylic acids is 3. The first-order valence-electron chi connectivity index (χ1n) is 9.56. The number of methoxy groups -OCH3 is 1. The lowest BCUT2D eigenvalue weighted by Crippen LogP contribution is -2.44. The van der Waals surface area contributed by atoms with Crippen molar-refractivity contribution in [3.05, 3.63) is 64.6 Å². The highest BCUT2D eigenvalue weighted by Crippen LogP contribution is 2.41. The number of alkyl halides is 3. The van der Waals surface area contributed by atoms with Gasteiger partial charge in [-0.05, 0) is 35.9 Å². The average molecular weight is 493 g/mol. The van der Waals surface area contributed by atoms with Gasteiger partial charge in [0.15, 0.2) is 0 Å². The van der Waals surface area contributed by atoms with E-state index in [2.05, 4.69) is 0 Å². The predicted molar refractivity (Wildman–Crippen MR) is 120 cm³/mol. The van der Waals surface area contributed by atoms with Crippen LogP contribution in [0.5, 0.6) is 5.75 Å². The molecule has 2 aromatic carbocycles. The number of para-hydroxylation sites is 1. The molecule has 0 aliphatic carbocycles. The predicted octanol–water partition coefficient (Wildman–Crippen LogP) is 4.25. The Morgan fingerprint density at radius 2 is 1.76 bits per heavy atom. The SMILES string of the molecule is COc1ccc(/C=C2\SC(=S)N(C3CC(=O)N(c4ccccc4C(F)(F)F)C3=O)C2=O)cc1. The van der Waals surface area contributed by atoms with Crippen LogP contribution in [0.25, 0.3) is 6.08 Å². The van der Waals surface area contributed by atoms with Gasteiger partial charge in [-0.15, -0.1) is 0 Å². The maximum absolute atomic E-state index is 13.4. The summed E-state index contributed by atoms with van der Waals surface area (Å²) in [6, 6.07) is 9.87. The fourth-order valence-electron chi connectivity index (χ4n) is 3.58. The summed E-state index contributed by atoms with van der Waals surface area (Å²) in [5.41, 5.74) is -0.996. The van der Waals surface area contributed by atoms with Crippen LogP contribution in [0.4, 0.5) is 18.9 Å². The van der Waals surface area contributed by atoms with E-state index in [9.17, 15) is 27.6 Å². The van der Waals surface area contributed by atoms with Crippen LogP contribution in [0.2, 0.25) is 0 Å². The number of nitrogens with zero attached hydrogens (tertiary/aromatic N) is 2. The summed E-state index contributed by atoms with van der Waals surface area (Å²) in [7, 11) is 1.52. The normalized spacial score (nSPS) is 20.4. The second-order valence-corrected chi connectivity index (χ2v) is 8.80. The Hall–Kier alpha value is -3.18. The third kappa shape index (κ3) is 4.25. The minimum Gasteiger partial charge on any atom is -0.497 e. The first-order chi connectivity index (χ1) is 15.6. The van der Waals surface area contributed by atoms with Gasteiger partial charge in [-0.2, -0.15) is 13.2 Å². The highest BCUT2D eigenvalue weighted by molar-refractivity contribution is 8.26. The summed E-state index contributed by atoms with van der Waals surface area (Å²) in [6.45, 7) is 0. The molecule has 11 heteroatoms. The van der Waals surface area contributed by atoms with Gasteiger partial charge >= 0.3 is 6.18 Å². The van der Waals surface area contributed by atoms with E-state index >= 15 is 0 Å². The quantitative estimate of drug-likeness (QED) is 0.361. The number of rotatable bonds is 4. The number of thiocarbonyl (C=S) groups is 1. The van der Waals surface area contributed by atoms with Crippen LogP contribution in [-0.2, 0) is 20.6 Å². The Morgan fingerprint density at radius 1 is 1.09 bits per heavy atom. The number of amides is 3. The molecule has 6 nitrogen and oxygen atoms in total. The molecule has 0 saturated carbocycles. The fraction of sp³-hybridized carbons (Fsp3) is 0.182. The second kappa shape index (κ2) is 8.64. The van der Waals surface area contributed by atoms with E-state index in [-0.39, 0.29) is 9.23 Å². The van der Waals surface area contributed by atoms with Crippen molar-refractivity contribution in [1.82, 2.24) is 4.90 Å². The average Bonchev–Trinajstić information content (AvgIpc) is 3.21. The number of hydrogen-bond donors (Lipinski definition) is 0. The number of halogens is 3. The molecule has 0 N–H and O–H groups in total. The lowest BCUT2D eigenvalue weighted by atomic mass is 10.1. The van der Waals surface area contributed by atoms with E-state index in [4.69, 9.17) is 17.0 Å². The van der Waals surface area contributed by atoms with Crippen molar-refractivity contribution >= 4 is 57.8 Å². The highest BCUT2D eigenvalue weighted by atomic mass is 32.2. The van der Waals surface area contributed by atoms with Gasteiger partial charge in [-0.1, -0.05) is 48.2 Å². The molecule has 1 atom stereocenters. The van der Waals surface area contributed by atoms with Crippen molar-refractivity contribution in [2.24, 2.45) is 0 Å². The first-order valence-corrected chi connectivity index (χ1v) is 10.8. The van der Waals surface area contributed by atoms with Crippen molar-refractivity contribution in [3.63, 3.8) is 0 Å². The van der Waals surface area contributed by atoms with E-state index in [1.165, 1.54) is 19.2 Å². The van der Waals surface area contributed by atoms with Crippen LogP contribution >= 0.6 is 24.0 Å². The van der Waals surface area contributed by atoms with Crippen LogP contribution < -0.4 is 9.64 Å². The van der Waals surface area contributed by atoms with Crippen LogP contribution in [0.1, 0.15) is 17.5 Å². The zero-order valence-corrected chi connectivity index (χ0v) is 18.6. The van der Waals surface area contributed by atoms with Gasteiger partial charge in [0.25, 0.3) is 11.8 Å². The van der Waals surface area contributed by atoms with Crippen molar-refractivity contribution < 1.29 is 32.3 Å². The molecule has 4 rings (SSSR count). The molecule has 170 valence electrons. The summed E-state index contributed by atoms with van der Waals surface area (Å²) in [5, 5.41) is 0. The number of benzene rings is 2. The minimum absolute atomic E-state index is 0.0527. The minimum atomic E-state index is -4.77. The van der Waals surface area contributed by atoms with Crippen molar-refractivity contribution in [2.45, 2.75) is 18.6 Å². The zero-order valence-electron chi connectivity index (χ0n) is 17.0. The summed E-state index contributed by atoms with van der Waals surface area (Å²) < 4.78 is 45.4. The Balaban J connectivity index is 1.62. The number of imide groups is 1. The van der Waals surface area contributed by atoms with Crippen molar-refractivity contribution in [2.75, 3.05) is 12.0 Å². The molecule has 0 radical (unpaired) electrons. The smallest absolute Gasteiger partial charge is 0.418 e. The molecule has 2 aromatic rings. The van der Waals surface area contributed by atoms with Gasteiger partial charge in [0.2, 0.25) is 5.91 Å². The number of hydrogen-bond acceptors (Lipinski definition) is 6. The first kappa shape index (κ1) is 23.0. The van der Waals surface area contributed by atoms with E-state index in [0.717, 1.165) is 28.8 Å². The third-order valence-electron chi connectivity index (χ3n) is 5.12. The standard InChI is InChI=1S/C22H15F3N2O4S2/c1-31-13-8-6-12(7-9-13)10-17-20(30)27(21(32)33-17)16-11-18(28)26(19(16)29)15-5-3-2-4-14(15)22(23,24)25/h2-10,16H,11H2,1H3/b17-10-. The molecule has 2 aliphatic heterocycles. The molecule has 2 heterocycles. The molecule has 33 heavy (non-hydrogen) atoms. The van der Waals surface area contributed by atoms with E-state index in [1.807, 2.05) is 0 Å².